The molecule has 0 atom stereocenters. The van der Waals surface area contributed by atoms with Gasteiger partial charge in [0.05, 0.1) is 45.9 Å². The Hall–Kier alpha value is -3.54. The van der Waals surface area contributed by atoms with Gasteiger partial charge < -0.3 is 14.8 Å². The third-order valence-corrected chi connectivity index (χ3v) is 8.39. The first kappa shape index (κ1) is 25.5. The predicted molar refractivity (Wildman–Crippen MR) is 137 cm³/mol. The number of ether oxygens (including phenoxy) is 2. The number of nitrogens with one attached hydrogen (secondary N) is 1. The zero-order valence-electron chi connectivity index (χ0n) is 19.0. The first-order valence-electron chi connectivity index (χ1n) is 10.3. The lowest BCUT2D eigenvalue weighted by Crippen LogP contribution is -2.18. The number of rotatable bonds is 7. The Morgan fingerprint density at radius 1 is 1.08 bits per heavy atom. The van der Waals surface area contributed by atoms with Gasteiger partial charge in [-0.05, 0) is 48.0 Å². The Morgan fingerprint density at radius 3 is 2.42 bits per heavy atom. The summed E-state index contributed by atoms with van der Waals surface area (Å²) in [6, 6.07) is 13.7. The smallest absolute Gasteiger partial charge is 0.288 e. The monoisotopic (exact) mass is 546 g/mol. The molecule has 36 heavy (non-hydrogen) atoms. The first-order chi connectivity index (χ1) is 17.1. The molecule has 0 saturated heterocycles. The van der Waals surface area contributed by atoms with Crippen molar-refractivity contribution in [1.29, 1.82) is 0 Å². The Balaban J connectivity index is 1.63. The van der Waals surface area contributed by atoms with Crippen LogP contribution in [0.4, 0.5) is 11.4 Å². The van der Waals surface area contributed by atoms with Gasteiger partial charge in [-0.15, -0.1) is 0 Å². The number of nitro groups is 1. The van der Waals surface area contributed by atoms with Crippen molar-refractivity contribution in [3.8, 4) is 11.5 Å². The first-order valence-corrected chi connectivity index (χ1v) is 13.2. The number of carbonyl (C=O) groups is 1. The normalized spacial score (nSPS) is 14.2. The number of hydrogen-bond acceptors (Lipinski definition) is 8. The molecule has 9 nitrogen and oxygen atoms in total. The summed E-state index contributed by atoms with van der Waals surface area (Å²) in [6.45, 7) is 0. The van der Waals surface area contributed by atoms with Crippen LogP contribution in [-0.4, -0.2) is 33.5 Å². The summed E-state index contributed by atoms with van der Waals surface area (Å²) in [5, 5.41) is 13.8. The molecular formula is C24H19ClN2O7S2. The maximum atomic E-state index is 13.2. The number of halogens is 1. The summed E-state index contributed by atoms with van der Waals surface area (Å²) in [4.78, 5) is 24.2. The third-order valence-electron chi connectivity index (χ3n) is 5.33. The number of benzene rings is 3. The quantitative estimate of drug-likeness (QED) is 0.240. The van der Waals surface area contributed by atoms with Crippen LogP contribution >= 0.6 is 23.4 Å². The number of carbonyl (C=O) groups excluding carboxylic acids is 1. The molecule has 4 rings (SSSR count). The van der Waals surface area contributed by atoms with Gasteiger partial charge in [0.1, 0.15) is 16.5 Å². The molecule has 0 bridgehead atoms. The van der Waals surface area contributed by atoms with Crippen molar-refractivity contribution in [1.82, 2.24) is 0 Å². The van der Waals surface area contributed by atoms with Gasteiger partial charge in [-0.25, -0.2) is 8.42 Å². The molecule has 0 radical (unpaired) electrons. The molecule has 3 aromatic rings. The number of sulfone groups is 1. The SMILES string of the molecule is COc1cccc(OC)c1CS(=O)(=O)c1ccc2c(c1)NC(=O)C(=Cc1ccc(Cl)c([N+](=O)[O-])c1)S2. The number of nitro benzene ring substituents is 1. The lowest BCUT2D eigenvalue weighted by atomic mass is 10.2. The summed E-state index contributed by atoms with van der Waals surface area (Å²) in [6.07, 6.45) is 1.50. The Morgan fingerprint density at radius 2 is 1.78 bits per heavy atom. The number of hydrogen-bond donors (Lipinski definition) is 1. The fourth-order valence-corrected chi connectivity index (χ4v) is 6.11. The largest absolute Gasteiger partial charge is 0.496 e. The number of anilines is 1. The molecule has 0 spiro atoms. The van der Waals surface area contributed by atoms with Gasteiger partial charge in [0.15, 0.2) is 9.84 Å². The van der Waals surface area contributed by atoms with Crippen LogP contribution in [0.3, 0.4) is 0 Å². The van der Waals surface area contributed by atoms with E-state index < -0.39 is 20.7 Å². The molecule has 12 heteroatoms. The van der Waals surface area contributed by atoms with E-state index in [-0.39, 0.29) is 26.3 Å². The predicted octanol–water partition coefficient (Wildman–Crippen LogP) is 5.32. The van der Waals surface area contributed by atoms with Crippen molar-refractivity contribution in [3.05, 3.63) is 85.8 Å². The molecule has 1 N–H and O–H groups in total. The highest BCUT2D eigenvalue weighted by molar-refractivity contribution is 8.04. The Kier molecular flexibility index (Phi) is 7.25. The molecule has 0 saturated carbocycles. The van der Waals surface area contributed by atoms with Gasteiger partial charge in [0, 0.05) is 11.0 Å². The fraction of sp³-hybridized carbons (Fsp3) is 0.125. The van der Waals surface area contributed by atoms with Gasteiger partial charge in [-0.2, -0.15) is 0 Å². The molecule has 1 amide bonds. The molecule has 0 fully saturated rings. The van der Waals surface area contributed by atoms with Crippen molar-refractivity contribution in [2.75, 3.05) is 19.5 Å². The van der Waals surface area contributed by atoms with E-state index in [2.05, 4.69) is 5.32 Å². The maximum Gasteiger partial charge on any atom is 0.288 e. The second kappa shape index (κ2) is 10.2. The fourth-order valence-electron chi connectivity index (χ4n) is 3.59. The Labute approximate surface area is 216 Å². The van der Waals surface area contributed by atoms with Gasteiger partial charge in [0.25, 0.3) is 11.6 Å². The van der Waals surface area contributed by atoms with E-state index in [1.807, 2.05) is 0 Å². The molecule has 1 heterocycles. The van der Waals surface area contributed by atoms with Crippen molar-refractivity contribution in [3.63, 3.8) is 0 Å². The van der Waals surface area contributed by atoms with E-state index in [0.717, 1.165) is 11.8 Å². The molecular weight excluding hydrogens is 528 g/mol. The second-order valence-electron chi connectivity index (χ2n) is 7.59. The van der Waals surface area contributed by atoms with Crippen LogP contribution in [0.1, 0.15) is 11.1 Å². The standard InChI is InChI=1S/C24H19ClN2O7S2/c1-33-20-4-3-5-21(34-2)16(20)13-36(31,32)15-7-9-22-18(12-15)26-24(28)23(35-22)11-14-6-8-17(25)19(10-14)27(29)30/h3-12H,13H2,1-2H3,(H,26,28). The molecule has 0 aromatic heterocycles. The Bertz CT molecular complexity index is 1500. The zero-order valence-corrected chi connectivity index (χ0v) is 21.4. The van der Waals surface area contributed by atoms with Crippen molar-refractivity contribution < 1.29 is 27.6 Å². The molecule has 3 aromatic carbocycles. The van der Waals surface area contributed by atoms with E-state index in [4.69, 9.17) is 21.1 Å². The summed E-state index contributed by atoms with van der Waals surface area (Å²) in [5.41, 5.74) is 0.893. The van der Waals surface area contributed by atoms with E-state index in [1.54, 1.807) is 30.3 Å². The maximum absolute atomic E-state index is 13.2. The highest BCUT2D eigenvalue weighted by Gasteiger charge is 2.26. The summed E-state index contributed by atoms with van der Waals surface area (Å²) < 4.78 is 37.0. The van der Waals surface area contributed by atoms with E-state index in [9.17, 15) is 23.3 Å². The van der Waals surface area contributed by atoms with E-state index >= 15 is 0 Å². The van der Waals surface area contributed by atoms with Crippen molar-refractivity contribution in [2.24, 2.45) is 0 Å². The van der Waals surface area contributed by atoms with E-state index in [1.165, 1.54) is 44.6 Å². The number of fused-ring (bicyclic) bond motifs is 1. The van der Waals surface area contributed by atoms with Crippen molar-refractivity contribution in [2.45, 2.75) is 15.5 Å². The van der Waals surface area contributed by atoms with Crippen LogP contribution < -0.4 is 14.8 Å². The van der Waals surface area contributed by atoms with Crippen LogP contribution in [0.15, 0.2) is 69.3 Å². The topological polar surface area (TPSA) is 125 Å². The average molecular weight is 547 g/mol. The molecule has 0 unspecified atom stereocenters. The van der Waals surface area contributed by atoms with Crippen LogP contribution in [0, 0.1) is 10.1 Å². The summed E-state index contributed by atoms with van der Waals surface area (Å²) in [7, 11) is -0.923. The summed E-state index contributed by atoms with van der Waals surface area (Å²) in [5.74, 6) is -0.0550. The van der Waals surface area contributed by atoms with Crippen LogP contribution in [0.2, 0.25) is 5.02 Å². The number of nitrogens with zero attached hydrogens (tertiary/aromatic N) is 1. The van der Waals surface area contributed by atoms with Gasteiger partial charge in [-0.3, -0.25) is 14.9 Å². The van der Waals surface area contributed by atoms with Gasteiger partial charge in [0.2, 0.25) is 0 Å². The molecule has 186 valence electrons. The minimum absolute atomic E-state index is 0.00674. The lowest BCUT2D eigenvalue weighted by Gasteiger charge is -2.20. The second-order valence-corrected chi connectivity index (χ2v) is 11.1. The van der Waals surface area contributed by atoms with Crippen molar-refractivity contribution >= 4 is 56.6 Å². The van der Waals surface area contributed by atoms with Crippen LogP contribution in [-0.2, 0) is 20.4 Å². The van der Waals surface area contributed by atoms with Crippen LogP contribution in [0.5, 0.6) is 11.5 Å². The van der Waals surface area contributed by atoms with Crippen LogP contribution in [0.25, 0.3) is 6.08 Å². The minimum Gasteiger partial charge on any atom is -0.496 e. The third kappa shape index (κ3) is 5.18. The molecule has 0 aliphatic carbocycles. The minimum atomic E-state index is -3.82. The highest BCUT2D eigenvalue weighted by Crippen LogP contribution is 2.41. The van der Waals surface area contributed by atoms with Gasteiger partial charge >= 0.3 is 0 Å². The summed E-state index contributed by atoms with van der Waals surface area (Å²) >= 11 is 6.98. The average Bonchev–Trinajstić information content (AvgIpc) is 2.85. The lowest BCUT2D eigenvalue weighted by molar-refractivity contribution is -0.384. The zero-order chi connectivity index (χ0) is 26.0. The number of thioether (sulfide) groups is 1. The number of methoxy groups -OCH3 is 2. The number of amides is 1. The molecule has 1 aliphatic rings. The van der Waals surface area contributed by atoms with E-state index in [0.29, 0.717) is 33.2 Å². The van der Waals surface area contributed by atoms with Gasteiger partial charge in [-0.1, -0.05) is 35.5 Å². The molecule has 1 aliphatic heterocycles. The highest BCUT2D eigenvalue weighted by atomic mass is 35.5.